The van der Waals surface area contributed by atoms with E-state index in [4.69, 9.17) is 12.2 Å². The van der Waals surface area contributed by atoms with Crippen LogP contribution in [0.1, 0.15) is 0 Å². The normalized spacial score (nSPS) is 15.3. The van der Waals surface area contributed by atoms with Crippen LogP contribution in [0.15, 0.2) is 18.5 Å². The van der Waals surface area contributed by atoms with Crippen molar-refractivity contribution in [2.75, 3.05) is 36.4 Å². The molecule has 1 fully saturated rings. The predicted octanol–water partition coefficient (Wildman–Crippen LogP) is 0.687. The van der Waals surface area contributed by atoms with Crippen LogP contribution < -0.4 is 15.5 Å². The van der Waals surface area contributed by atoms with Gasteiger partial charge in [-0.15, -0.1) is 12.6 Å². The number of anilines is 2. The van der Waals surface area contributed by atoms with E-state index in [1.165, 1.54) is 0 Å². The first-order valence-corrected chi connectivity index (χ1v) is 6.48. The zero-order valence-electron chi connectivity index (χ0n) is 9.72. The minimum absolute atomic E-state index is 0.0186. The Hall–Kier alpha value is -1.18. The number of hydrogen-bond acceptors (Lipinski definition) is 5. The first kappa shape index (κ1) is 13.3. The van der Waals surface area contributed by atoms with Crippen molar-refractivity contribution in [3.8, 4) is 0 Å². The third-order valence-corrected chi connectivity index (χ3v) is 3.09. The monoisotopic (exact) mass is 282 g/mol. The molecule has 1 aromatic heterocycles. The van der Waals surface area contributed by atoms with Gasteiger partial charge in [-0.3, -0.25) is 9.78 Å². The van der Waals surface area contributed by atoms with Crippen LogP contribution >= 0.6 is 24.8 Å². The third kappa shape index (κ3) is 3.18. The van der Waals surface area contributed by atoms with Crippen molar-refractivity contribution in [2.45, 2.75) is 0 Å². The number of thiol groups is 1. The van der Waals surface area contributed by atoms with Crippen molar-refractivity contribution >= 4 is 46.3 Å². The molecule has 0 aromatic carbocycles. The summed E-state index contributed by atoms with van der Waals surface area (Å²) in [5.74, 6) is -0.377. The van der Waals surface area contributed by atoms with Crippen LogP contribution in [0.2, 0.25) is 0 Å². The maximum atomic E-state index is 11.6. The molecule has 0 bridgehead atoms. The number of amides is 1. The Morgan fingerprint density at radius 3 is 2.89 bits per heavy atom. The molecule has 2 rings (SSSR count). The van der Waals surface area contributed by atoms with Crippen LogP contribution in [0.5, 0.6) is 0 Å². The maximum absolute atomic E-state index is 11.6. The number of piperazine rings is 1. The zero-order chi connectivity index (χ0) is 13.0. The average Bonchev–Trinajstić information content (AvgIpc) is 2.40. The van der Waals surface area contributed by atoms with Crippen LogP contribution in [-0.2, 0) is 4.79 Å². The second kappa shape index (κ2) is 6.12. The van der Waals surface area contributed by atoms with Crippen LogP contribution in [-0.4, -0.2) is 41.3 Å². The van der Waals surface area contributed by atoms with Gasteiger partial charge in [0.2, 0.25) is 0 Å². The molecule has 1 aliphatic rings. The predicted molar refractivity (Wildman–Crippen MR) is 79.5 cm³/mol. The maximum Gasteiger partial charge on any atom is 0.272 e. The first-order valence-electron chi connectivity index (χ1n) is 5.62. The van der Waals surface area contributed by atoms with Crippen molar-refractivity contribution in [1.29, 1.82) is 0 Å². The standard InChI is InChI=1S/C11H14N4OS2/c16-10(11(17)18)14-8-7-13-2-1-9(8)15-5-3-12-4-6-15/h1-2,7,12H,3-6H2,(H,14,16)(H,17,18). The summed E-state index contributed by atoms with van der Waals surface area (Å²) < 4.78 is 0.0186. The summed E-state index contributed by atoms with van der Waals surface area (Å²) in [5, 5.41) is 6.01. The summed E-state index contributed by atoms with van der Waals surface area (Å²) >= 11 is 8.59. The lowest BCUT2D eigenvalue weighted by Crippen LogP contribution is -2.43. The Bertz CT molecular complexity index is 460. The van der Waals surface area contributed by atoms with E-state index in [0.29, 0.717) is 5.69 Å². The molecule has 0 radical (unpaired) electrons. The highest BCUT2D eigenvalue weighted by molar-refractivity contribution is 8.13. The molecule has 1 aromatic rings. The molecule has 1 saturated heterocycles. The molecule has 0 saturated carbocycles. The number of hydrogen-bond donors (Lipinski definition) is 3. The molecule has 1 aliphatic heterocycles. The molecule has 96 valence electrons. The van der Waals surface area contributed by atoms with E-state index in [0.717, 1.165) is 31.9 Å². The molecule has 2 heterocycles. The van der Waals surface area contributed by atoms with E-state index < -0.39 is 0 Å². The highest BCUT2D eigenvalue weighted by Crippen LogP contribution is 2.24. The lowest BCUT2D eigenvalue weighted by Gasteiger charge is -2.30. The van der Waals surface area contributed by atoms with Gasteiger partial charge in [0.05, 0.1) is 17.6 Å². The number of thiocarbonyl (C=S) groups is 1. The fraction of sp³-hybridized carbons (Fsp3) is 0.364. The lowest BCUT2D eigenvalue weighted by molar-refractivity contribution is -0.109. The molecular formula is C11H14N4OS2. The van der Waals surface area contributed by atoms with Crippen LogP contribution in [0, 0.1) is 0 Å². The highest BCUT2D eigenvalue weighted by Gasteiger charge is 2.16. The van der Waals surface area contributed by atoms with Gasteiger partial charge in [-0.2, -0.15) is 0 Å². The summed E-state index contributed by atoms with van der Waals surface area (Å²) in [7, 11) is 0. The van der Waals surface area contributed by atoms with Crippen molar-refractivity contribution in [3.05, 3.63) is 18.5 Å². The Morgan fingerprint density at radius 2 is 2.22 bits per heavy atom. The van der Waals surface area contributed by atoms with Gasteiger partial charge >= 0.3 is 0 Å². The number of aromatic nitrogens is 1. The van der Waals surface area contributed by atoms with Crippen LogP contribution in [0.3, 0.4) is 0 Å². The van der Waals surface area contributed by atoms with Crippen LogP contribution in [0.4, 0.5) is 11.4 Å². The molecular weight excluding hydrogens is 268 g/mol. The van der Waals surface area contributed by atoms with Gasteiger partial charge in [0.1, 0.15) is 4.20 Å². The fourth-order valence-electron chi connectivity index (χ4n) is 1.84. The van der Waals surface area contributed by atoms with Gasteiger partial charge in [-0.05, 0) is 6.07 Å². The molecule has 7 heteroatoms. The molecule has 0 unspecified atom stereocenters. The first-order chi connectivity index (χ1) is 8.68. The Balaban J connectivity index is 2.19. The van der Waals surface area contributed by atoms with Crippen molar-refractivity contribution in [2.24, 2.45) is 0 Å². The van der Waals surface area contributed by atoms with Crippen molar-refractivity contribution in [1.82, 2.24) is 10.3 Å². The van der Waals surface area contributed by atoms with E-state index in [9.17, 15) is 4.79 Å². The molecule has 1 amide bonds. The van der Waals surface area contributed by atoms with Crippen molar-refractivity contribution in [3.63, 3.8) is 0 Å². The van der Waals surface area contributed by atoms with Gasteiger partial charge in [0, 0.05) is 32.4 Å². The number of nitrogens with one attached hydrogen (secondary N) is 2. The van der Waals surface area contributed by atoms with Crippen LogP contribution in [0.25, 0.3) is 0 Å². The lowest BCUT2D eigenvalue weighted by atomic mass is 10.2. The second-order valence-corrected chi connectivity index (χ2v) is 5.05. The van der Waals surface area contributed by atoms with Gasteiger partial charge in [-0.1, -0.05) is 12.2 Å². The van der Waals surface area contributed by atoms with E-state index in [1.54, 1.807) is 12.4 Å². The topological polar surface area (TPSA) is 57.3 Å². The number of nitrogens with zero attached hydrogens (tertiary/aromatic N) is 2. The molecule has 18 heavy (non-hydrogen) atoms. The van der Waals surface area contributed by atoms with Gasteiger partial charge in [0.15, 0.2) is 0 Å². The molecule has 2 N–H and O–H groups in total. The number of pyridine rings is 1. The minimum atomic E-state index is -0.377. The van der Waals surface area contributed by atoms with E-state index in [-0.39, 0.29) is 10.1 Å². The fourth-order valence-corrected chi connectivity index (χ4v) is 1.95. The Labute approximate surface area is 116 Å². The summed E-state index contributed by atoms with van der Waals surface area (Å²) in [6.07, 6.45) is 3.34. The quantitative estimate of drug-likeness (QED) is 0.562. The SMILES string of the molecule is O=C(Nc1cnccc1N1CCNCC1)C(=S)S. The Kier molecular flexibility index (Phi) is 4.51. The molecule has 0 atom stereocenters. The summed E-state index contributed by atoms with van der Waals surface area (Å²) in [6, 6.07) is 1.89. The summed E-state index contributed by atoms with van der Waals surface area (Å²) in [6.45, 7) is 3.66. The van der Waals surface area contributed by atoms with E-state index in [2.05, 4.69) is 33.1 Å². The van der Waals surface area contributed by atoms with Crippen molar-refractivity contribution < 1.29 is 4.79 Å². The van der Waals surface area contributed by atoms with Gasteiger partial charge in [0.25, 0.3) is 5.91 Å². The van der Waals surface area contributed by atoms with Gasteiger partial charge in [-0.25, -0.2) is 0 Å². The number of carbonyl (C=O) groups is 1. The van der Waals surface area contributed by atoms with E-state index >= 15 is 0 Å². The molecule has 5 nitrogen and oxygen atoms in total. The smallest absolute Gasteiger partial charge is 0.272 e. The number of carbonyl (C=O) groups excluding carboxylic acids is 1. The minimum Gasteiger partial charge on any atom is -0.367 e. The van der Waals surface area contributed by atoms with E-state index in [1.807, 2.05) is 6.07 Å². The summed E-state index contributed by atoms with van der Waals surface area (Å²) in [5.41, 5.74) is 1.63. The number of rotatable bonds is 3. The molecule has 0 spiro atoms. The Morgan fingerprint density at radius 1 is 1.50 bits per heavy atom. The highest BCUT2D eigenvalue weighted by atomic mass is 32.1. The second-order valence-electron chi connectivity index (χ2n) is 3.89. The summed E-state index contributed by atoms with van der Waals surface area (Å²) in [4.78, 5) is 17.8. The third-order valence-electron chi connectivity index (χ3n) is 2.70. The molecule has 0 aliphatic carbocycles. The largest absolute Gasteiger partial charge is 0.367 e. The average molecular weight is 282 g/mol. The zero-order valence-corrected chi connectivity index (χ0v) is 11.4. The van der Waals surface area contributed by atoms with Gasteiger partial charge < -0.3 is 15.5 Å².